The van der Waals surface area contributed by atoms with Gasteiger partial charge in [0, 0.05) is 13.1 Å². The number of hydrogen-bond acceptors (Lipinski definition) is 2. The molecule has 0 saturated heterocycles. The molecule has 0 unspecified atom stereocenters. The van der Waals surface area contributed by atoms with Crippen LogP contribution in [0.5, 0.6) is 0 Å². The summed E-state index contributed by atoms with van der Waals surface area (Å²) >= 11 is 0. The van der Waals surface area contributed by atoms with Crippen LogP contribution in [0.4, 0.5) is 0 Å². The summed E-state index contributed by atoms with van der Waals surface area (Å²) in [6.07, 6.45) is 7.27. The van der Waals surface area contributed by atoms with Crippen LogP contribution in [0, 0.1) is 5.92 Å². The highest BCUT2D eigenvalue weighted by Gasteiger charge is 2.24. The van der Waals surface area contributed by atoms with Gasteiger partial charge in [-0.2, -0.15) is 0 Å². The lowest BCUT2D eigenvalue weighted by Gasteiger charge is -2.34. The van der Waals surface area contributed by atoms with Crippen molar-refractivity contribution >= 4 is 5.91 Å². The van der Waals surface area contributed by atoms with E-state index in [-0.39, 0.29) is 5.91 Å². The second kappa shape index (κ2) is 7.78. The molecule has 0 heterocycles. The van der Waals surface area contributed by atoms with Crippen molar-refractivity contribution in [1.29, 1.82) is 0 Å². The first-order chi connectivity index (χ1) is 8.54. The highest BCUT2D eigenvalue weighted by Crippen LogP contribution is 2.26. The molecule has 0 bridgehead atoms. The van der Waals surface area contributed by atoms with Gasteiger partial charge in [-0.05, 0) is 51.6 Å². The van der Waals surface area contributed by atoms with Gasteiger partial charge in [0.2, 0.25) is 5.91 Å². The molecule has 0 spiro atoms. The van der Waals surface area contributed by atoms with Crippen LogP contribution in [0.2, 0.25) is 0 Å². The van der Waals surface area contributed by atoms with E-state index in [0.29, 0.717) is 12.6 Å². The molecule has 106 valence electrons. The summed E-state index contributed by atoms with van der Waals surface area (Å²) in [6.45, 7) is 6.10. The lowest BCUT2D eigenvalue weighted by Crippen LogP contribution is -2.44. The predicted octanol–water partition coefficient (Wildman–Crippen LogP) is 2.76. The van der Waals surface area contributed by atoms with Crippen LogP contribution in [0.1, 0.15) is 52.4 Å². The smallest absolute Gasteiger partial charge is 0.236 e. The van der Waals surface area contributed by atoms with E-state index >= 15 is 0 Å². The Morgan fingerprint density at radius 1 is 1.17 bits per heavy atom. The Labute approximate surface area is 113 Å². The van der Waals surface area contributed by atoms with Crippen molar-refractivity contribution in [1.82, 2.24) is 9.80 Å². The fraction of sp³-hybridized carbons (Fsp3) is 0.933. The summed E-state index contributed by atoms with van der Waals surface area (Å²) in [5.74, 6) is 1.13. The Hall–Kier alpha value is -0.570. The lowest BCUT2D eigenvalue weighted by atomic mass is 9.87. The van der Waals surface area contributed by atoms with Gasteiger partial charge in [0.05, 0.1) is 6.54 Å². The molecule has 0 aliphatic heterocycles. The fourth-order valence-electron chi connectivity index (χ4n) is 2.68. The van der Waals surface area contributed by atoms with E-state index in [1.165, 1.54) is 38.5 Å². The van der Waals surface area contributed by atoms with Crippen LogP contribution in [-0.2, 0) is 4.79 Å². The van der Waals surface area contributed by atoms with Gasteiger partial charge in [0.25, 0.3) is 0 Å². The zero-order valence-electron chi connectivity index (χ0n) is 12.6. The molecule has 18 heavy (non-hydrogen) atoms. The molecular formula is C15H30N2O. The molecule has 1 fully saturated rings. The van der Waals surface area contributed by atoms with Gasteiger partial charge < -0.3 is 4.90 Å². The van der Waals surface area contributed by atoms with E-state index in [2.05, 4.69) is 18.7 Å². The standard InChI is InChI=1S/C15H30N2O/c1-5-6-11-16(3)12-15(18)17(4)14-9-7-13(2)8-10-14/h13-14H,5-12H2,1-4H3. The van der Waals surface area contributed by atoms with Crippen LogP contribution >= 0.6 is 0 Å². The highest BCUT2D eigenvalue weighted by atomic mass is 16.2. The highest BCUT2D eigenvalue weighted by molar-refractivity contribution is 5.78. The van der Waals surface area contributed by atoms with Gasteiger partial charge in [-0.1, -0.05) is 20.3 Å². The maximum Gasteiger partial charge on any atom is 0.236 e. The average Bonchev–Trinajstić information content (AvgIpc) is 2.36. The fourth-order valence-corrected chi connectivity index (χ4v) is 2.68. The Bertz CT molecular complexity index is 247. The molecule has 1 aliphatic rings. The minimum Gasteiger partial charge on any atom is -0.342 e. The number of amides is 1. The van der Waals surface area contributed by atoms with E-state index in [4.69, 9.17) is 0 Å². The number of likely N-dealkylation sites (N-methyl/N-ethyl adjacent to an activating group) is 2. The number of hydrogen-bond donors (Lipinski definition) is 0. The van der Waals surface area contributed by atoms with Crippen LogP contribution in [-0.4, -0.2) is 48.9 Å². The van der Waals surface area contributed by atoms with Crippen molar-refractivity contribution in [2.45, 2.75) is 58.4 Å². The van der Waals surface area contributed by atoms with E-state index in [1.54, 1.807) is 0 Å². The summed E-state index contributed by atoms with van der Waals surface area (Å²) in [5.41, 5.74) is 0. The number of rotatable bonds is 6. The first-order valence-electron chi connectivity index (χ1n) is 7.48. The van der Waals surface area contributed by atoms with Crippen molar-refractivity contribution in [2.75, 3.05) is 27.2 Å². The molecule has 0 radical (unpaired) electrons. The van der Waals surface area contributed by atoms with E-state index in [0.717, 1.165) is 12.5 Å². The van der Waals surface area contributed by atoms with Crippen LogP contribution in [0.3, 0.4) is 0 Å². The Morgan fingerprint density at radius 3 is 2.33 bits per heavy atom. The molecule has 3 nitrogen and oxygen atoms in total. The molecule has 1 saturated carbocycles. The van der Waals surface area contributed by atoms with Crippen LogP contribution in [0.15, 0.2) is 0 Å². The molecule has 3 heteroatoms. The predicted molar refractivity (Wildman–Crippen MR) is 76.6 cm³/mol. The van der Waals surface area contributed by atoms with Crippen LogP contribution in [0.25, 0.3) is 0 Å². The Kier molecular flexibility index (Phi) is 6.69. The molecule has 1 amide bonds. The second-order valence-corrected chi connectivity index (χ2v) is 6.01. The zero-order valence-corrected chi connectivity index (χ0v) is 12.6. The molecule has 0 atom stereocenters. The van der Waals surface area contributed by atoms with Gasteiger partial charge in [-0.3, -0.25) is 9.69 Å². The summed E-state index contributed by atoms with van der Waals surface area (Å²) in [6, 6.07) is 0.480. The Morgan fingerprint density at radius 2 is 1.78 bits per heavy atom. The molecular weight excluding hydrogens is 224 g/mol. The van der Waals surface area contributed by atoms with Gasteiger partial charge in [-0.15, -0.1) is 0 Å². The van der Waals surface area contributed by atoms with E-state index < -0.39 is 0 Å². The molecule has 0 aromatic heterocycles. The topological polar surface area (TPSA) is 23.6 Å². The SMILES string of the molecule is CCCCN(C)CC(=O)N(C)C1CCC(C)CC1. The number of carbonyl (C=O) groups is 1. The molecule has 0 aromatic carbocycles. The number of nitrogens with zero attached hydrogens (tertiary/aromatic N) is 2. The van der Waals surface area contributed by atoms with Crippen molar-refractivity contribution in [2.24, 2.45) is 5.92 Å². The van der Waals surface area contributed by atoms with Gasteiger partial charge in [-0.25, -0.2) is 0 Å². The van der Waals surface area contributed by atoms with Gasteiger partial charge in [0.15, 0.2) is 0 Å². The first kappa shape index (κ1) is 15.5. The van der Waals surface area contributed by atoms with E-state index in [9.17, 15) is 4.79 Å². The largest absolute Gasteiger partial charge is 0.342 e. The molecule has 0 aromatic rings. The third-order valence-corrected chi connectivity index (χ3v) is 4.23. The summed E-state index contributed by atoms with van der Waals surface area (Å²) in [5, 5.41) is 0. The number of carbonyl (C=O) groups excluding carboxylic acids is 1. The summed E-state index contributed by atoms with van der Waals surface area (Å²) in [4.78, 5) is 16.3. The summed E-state index contributed by atoms with van der Waals surface area (Å²) in [7, 11) is 4.03. The van der Waals surface area contributed by atoms with Crippen molar-refractivity contribution in [3.8, 4) is 0 Å². The lowest BCUT2D eigenvalue weighted by molar-refractivity contribution is -0.133. The maximum atomic E-state index is 12.2. The van der Waals surface area contributed by atoms with Crippen molar-refractivity contribution in [3.63, 3.8) is 0 Å². The molecule has 0 N–H and O–H groups in total. The van der Waals surface area contributed by atoms with Crippen molar-refractivity contribution < 1.29 is 4.79 Å². The van der Waals surface area contributed by atoms with Crippen molar-refractivity contribution in [3.05, 3.63) is 0 Å². The van der Waals surface area contributed by atoms with Crippen LogP contribution < -0.4 is 0 Å². The monoisotopic (exact) mass is 254 g/mol. The Balaban J connectivity index is 2.32. The minimum atomic E-state index is 0.285. The quantitative estimate of drug-likeness (QED) is 0.727. The summed E-state index contributed by atoms with van der Waals surface area (Å²) < 4.78 is 0. The molecule has 1 aliphatic carbocycles. The average molecular weight is 254 g/mol. The molecule has 1 rings (SSSR count). The van der Waals surface area contributed by atoms with Gasteiger partial charge in [0.1, 0.15) is 0 Å². The first-order valence-corrected chi connectivity index (χ1v) is 7.48. The number of unbranched alkanes of at least 4 members (excludes halogenated alkanes) is 1. The maximum absolute atomic E-state index is 12.2. The minimum absolute atomic E-state index is 0.285. The van der Waals surface area contributed by atoms with E-state index in [1.807, 2.05) is 19.0 Å². The second-order valence-electron chi connectivity index (χ2n) is 6.01. The third-order valence-electron chi connectivity index (χ3n) is 4.23. The normalized spacial score (nSPS) is 24.3. The van der Waals surface area contributed by atoms with Gasteiger partial charge >= 0.3 is 0 Å². The third kappa shape index (κ3) is 4.97. The zero-order chi connectivity index (χ0) is 13.5.